The number of benzene rings is 3. The van der Waals surface area contributed by atoms with Crippen molar-refractivity contribution >= 4 is 28.9 Å². The number of carbonyl (C=O) groups is 3. The molecule has 12 nitrogen and oxygen atoms in total. The summed E-state index contributed by atoms with van der Waals surface area (Å²) >= 11 is 0. The van der Waals surface area contributed by atoms with Gasteiger partial charge in [0.05, 0.1) is 17.0 Å². The van der Waals surface area contributed by atoms with Crippen LogP contribution in [0, 0.1) is 11.6 Å². The molecule has 1 aliphatic heterocycles. The van der Waals surface area contributed by atoms with E-state index in [1.165, 1.54) is 34.1 Å². The summed E-state index contributed by atoms with van der Waals surface area (Å²) in [5.41, 5.74) is 2.70. The van der Waals surface area contributed by atoms with Crippen molar-refractivity contribution in [1.82, 2.24) is 19.8 Å². The molecule has 3 aromatic rings. The van der Waals surface area contributed by atoms with E-state index >= 15 is 0 Å². The number of aliphatic hydroxyl groups excluding tert-OH is 1. The summed E-state index contributed by atoms with van der Waals surface area (Å²) in [5.74, 6) is -2.06. The molecular weight excluding hydrogens is 662 g/mol. The van der Waals surface area contributed by atoms with Gasteiger partial charge in [0.1, 0.15) is 11.6 Å². The van der Waals surface area contributed by atoms with Crippen molar-refractivity contribution in [3.63, 3.8) is 0 Å². The van der Waals surface area contributed by atoms with Crippen molar-refractivity contribution in [2.75, 3.05) is 33.7 Å². The Bertz CT molecular complexity index is 1590. The van der Waals surface area contributed by atoms with Gasteiger partial charge in [0.15, 0.2) is 0 Å². The van der Waals surface area contributed by atoms with Crippen molar-refractivity contribution in [2.45, 2.75) is 55.8 Å². The lowest BCUT2D eigenvalue weighted by atomic mass is 10.00. The maximum absolute atomic E-state index is 13.9. The highest BCUT2D eigenvalue weighted by molar-refractivity contribution is 7.89. The van der Waals surface area contributed by atoms with E-state index in [9.17, 15) is 27.1 Å². The van der Waals surface area contributed by atoms with Crippen molar-refractivity contribution in [2.24, 2.45) is 0 Å². The normalized spacial score (nSPS) is 15.6. The highest BCUT2D eigenvalue weighted by Crippen LogP contribution is 2.22. The number of sulfonamides is 1. The molecule has 1 amide bonds. The first-order valence-electron chi connectivity index (χ1n) is 15.4. The first-order chi connectivity index (χ1) is 23.3. The van der Waals surface area contributed by atoms with Gasteiger partial charge in [-0.3, -0.25) is 14.4 Å². The molecule has 3 aromatic carbocycles. The summed E-state index contributed by atoms with van der Waals surface area (Å²) in [6.07, 6.45) is 0.520. The third kappa shape index (κ3) is 12.9. The Balaban J connectivity index is 0.00000129. The summed E-state index contributed by atoms with van der Waals surface area (Å²) in [6, 6.07) is 15.7. The van der Waals surface area contributed by atoms with Gasteiger partial charge in [0.2, 0.25) is 10.0 Å². The summed E-state index contributed by atoms with van der Waals surface area (Å²) in [7, 11) is -0.242. The Morgan fingerprint density at radius 2 is 1.59 bits per heavy atom. The molecule has 1 heterocycles. The topological polar surface area (TPSA) is 177 Å². The second kappa shape index (κ2) is 20.3. The number of nitrogens with zero attached hydrogens (tertiary/aromatic N) is 2. The second-order valence-corrected chi connectivity index (χ2v) is 13.4. The molecule has 1 aliphatic rings. The number of carboxylic acid groups (broad SMARTS) is 2. The highest BCUT2D eigenvalue weighted by Gasteiger charge is 2.32. The maximum atomic E-state index is 13.9. The summed E-state index contributed by atoms with van der Waals surface area (Å²) in [5, 5.41) is 30.8. The molecular formula is C34H44F2N4O8S. The van der Waals surface area contributed by atoms with E-state index in [1.807, 2.05) is 25.2 Å². The molecule has 0 aliphatic carbocycles. The fourth-order valence-electron chi connectivity index (χ4n) is 5.33. The van der Waals surface area contributed by atoms with Crippen molar-refractivity contribution in [1.29, 1.82) is 0 Å². The number of nitrogens with one attached hydrogen (secondary N) is 2. The molecule has 0 saturated carbocycles. The van der Waals surface area contributed by atoms with Gasteiger partial charge in [0, 0.05) is 44.4 Å². The number of rotatable bonds is 13. The van der Waals surface area contributed by atoms with Crippen LogP contribution in [0.5, 0.6) is 0 Å². The van der Waals surface area contributed by atoms with Crippen LogP contribution < -0.4 is 10.6 Å². The first kappa shape index (κ1) is 40.9. The van der Waals surface area contributed by atoms with Crippen LogP contribution in [0.25, 0.3) is 0 Å². The molecule has 0 radical (unpaired) electrons. The maximum Gasteiger partial charge on any atom is 0.290 e. The van der Waals surface area contributed by atoms with E-state index < -0.39 is 39.7 Å². The molecule has 0 spiro atoms. The molecule has 268 valence electrons. The quantitative estimate of drug-likeness (QED) is 0.166. The SMILES string of the molecule is CCc1cccc(CNC[C@@H](O)[C@H](Cc2cc(F)cc(F)c2)NC(=O)c2ccc(S(=O)(=O)N(C)C3CCN(C)C3)cc2)c1.O=CO.O=CO. The molecule has 1 unspecified atom stereocenters. The first-order valence-corrected chi connectivity index (χ1v) is 16.9. The largest absolute Gasteiger partial charge is 0.483 e. The van der Waals surface area contributed by atoms with Gasteiger partial charge in [-0.25, -0.2) is 17.2 Å². The lowest BCUT2D eigenvalue weighted by molar-refractivity contribution is -0.123. The molecule has 0 aromatic heterocycles. The zero-order chi connectivity index (χ0) is 36.6. The van der Waals surface area contributed by atoms with Crippen molar-refractivity contribution < 1.29 is 46.9 Å². The molecule has 1 saturated heterocycles. The number of hydrogen-bond donors (Lipinski definition) is 5. The standard InChI is InChI=1S/C32H40F2N4O4S.2CH2O2/c1-4-22-6-5-7-23(14-22)19-35-20-31(39)30(17-24-15-26(33)18-27(34)16-24)36-32(40)25-8-10-29(11-9-25)43(41,42)38(3)28-12-13-37(2)21-28;2*2-1-3/h5-11,14-16,18,28,30-31,35,39H,4,12-13,17,19-21H2,1-3H3,(H,36,40);2*1H,(H,2,3)/t28?,30-,31+;;/m0../s1. The van der Waals surface area contributed by atoms with Gasteiger partial charge < -0.3 is 30.9 Å². The van der Waals surface area contributed by atoms with Gasteiger partial charge in [-0.2, -0.15) is 4.31 Å². The molecule has 5 N–H and O–H groups in total. The van der Waals surface area contributed by atoms with Crippen molar-refractivity contribution in [3.8, 4) is 0 Å². The minimum absolute atomic E-state index is 0.0261. The van der Waals surface area contributed by atoms with Gasteiger partial charge in [0.25, 0.3) is 18.9 Å². The van der Waals surface area contributed by atoms with E-state index in [-0.39, 0.29) is 48.0 Å². The van der Waals surface area contributed by atoms with Gasteiger partial charge in [-0.05, 0) is 85.9 Å². The second-order valence-electron chi connectivity index (χ2n) is 11.4. The minimum atomic E-state index is -3.76. The summed E-state index contributed by atoms with van der Waals surface area (Å²) < 4.78 is 55.6. The molecule has 3 atom stereocenters. The summed E-state index contributed by atoms with van der Waals surface area (Å²) in [6.45, 7) is 3.63. The van der Waals surface area contributed by atoms with Crippen LogP contribution in [0.4, 0.5) is 8.78 Å². The molecule has 15 heteroatoms. The Labute approximate surface area is 285 Å². The number of hydrogen-bond acceptors (Lipinski definition) is 8. The Morgan fingerprint density at radius 1 is 1.00 bits per heavy atom. The number of carbonyl (C=O) groups excluding carboxylic acids is 1. The average Bonchev–Trinajstić information content (AvgIpc) is 3.50. The monoisotopic (exact) mass is 706 g/mol. The van der Waals surface area contributed by atoms with Crippen LogP contribution in [-0.4, -0.2) is 104 Å². The fraction of sp³-hybridized carbons (Fsp3) is 0.382. The fourth-order valence-corrected chi connectivity index (χ4v) is 6.71. The predicted molar refractivity (Wildman–Crippen MR) is 180 cm³/mol. The van der Waals surface area contributed by atoms with Crippen LogP contribution >= 0.6 is 0 Å². The van der Waals surface area contributed by atoms with Crippen LogP contribution in [0.1, 0.15) is 40.4 Å². The van der Waals surface area contributed by atoms with E-state index in [1.54, 1.807) is 7.05 Å². The highest BCUT2D eigenvalue weighted by atomic mass is 32.2. The smallest absolute Gasteiger partial charge is 0.290 e. The Hall–Kier alpha value is -4.28. The lowest BCUT2D eigenvalue weighted by Gasteiger charge is -2.25. The van der Waals surface area contributed by atoms with E-state index in [0.717, 1.165) is 43.1 Å². The van der Waals surface area contributed by atoms with E-state index in [4.69, 9.17) is 19.8 Å². The third-order valence-electron chi connectivity index (χ3n) is 7.92. The Kier molecular flexibility index (Phi) is 16.9. The lowest BCUT2D eigenvalue weighted by Crippen LogP contribution is -2.48. The molecule has 4 rings (SSSR count). The average molecular weight is 707 g/mol. The summed E-state index contributed by atoms with van der Waals surface area (Å²) in [4.78, 5) is 32.1. The van der Waals surface area contributed by atoms with Crippen LogP contribution in [0.3, 0.4) is 0 Å². The van der Waals surface area contributed by atoms with E-state index in [2.05, 4.69) is 28.5 Å². The predicted octanol–water partition coefficient (Wildman–Crippen LogP) is 2.75. The third-order valence-corrected chi connectivity index (χ3v) is 9.84. The van der Waals surface area contributed by atoms with Crippen LogP contribution in [0.15, 0.2) is 71.6 Å². The van der Waals surface area contributed by atoms with Crippen LogP contribution in [-0.2, 0) is 39.0 Å². The molecule has 1 fully saturated rings. The van der Waals surface area contributed by atoms with Gasteiger partial charge in [-0.1, -0.05) is 31.2 Å². The number of halogens is 2. The van der Waals surface area contributed by atoms with Gasteiger partial charge in [-0.15, -0.1) is 0 Å². The number of aryl methyl sites for hydroxylation is 1. The zero-order valence-electron chi connectivity index (χ0n) is 27.6. The molecule has 49 heavy (non-hydrogen) atoms. The van der Waals surface area contributed by atoms with E-state index in [0.29, 0.717) is 13.1 Å². The number of aliphatic hydroxyl groups is 1. The van der Waals surface area contributed by atoms with Crippen molar-refractivity contribution in [3.05, 3.63) is 101 Å². The van der Waals surface area contributed by atoms with Crippen LogP contribution in [0.2, 0.25) is 0 Å². The number of likely N-dealkylation sites (tertiary alicyclic amines) is 1. The number of amides is 1. The van der Waals surface area contributed by atoms with Gasteiger partial charge >= 0.3 is 0 Å². The zero-order valence-corrected chi connectivity index (χ0v) is 28.4. The number of likely N-dealkylation sites (N-methyl/N-ethyl adjacent to an activating group) is 2. The Morgan fingerprint density at radius 3 is 2.14 bits per heavy atom. The minimum Gasteiger partial charge on any atom is -0.483 e. The molecule has 0 bridgehead atoms.